The molecule has 0 spiro atoms. The Labute approximate surface area is 146 Å². The minimum Gasteiger partial charge on any atom is -0.456 e. The molecule has 1 unspecified atom stereocenters. The van der Waals surface area contributed by atoms with E-state index in [9.17, 15) is 4.79 Å². The van der Waals surface area contributed by atoms with Crippen LogP contribution in [0.25, 0.3) is 0 Å². The molecule has 1 fully saturated rings. The van der Waals surface area contributed by atoms with Gasteiger partial charge in [-0.1, -0.05) is 18.5 Å². The van der Waals surface area contributed by atoms with E-state index < -0.39 is 0 Å². The summed E-state index contributed by atoms with van der Waals surface area (Å²) >= 11 is 6.28. The fourth-order valence-electron chi connectivity index (χ4n) is 2.80. The number of aromatic nitrogens is 1. The first-order chi connectivity index (χ1) is 11.5. The highest BCUT2D eigenvalue weighted by Crippen LogP contribution is 2.32. The molecule has 1 amide bonds. The number of likely N-dealkylation sites (tertiary alicyclic amines) is 1. The molecule has 2 aromatic rings. The Bertz CT molecular complexity index is 738. The van der Waals surface area contributed by atoms with E-state index >= 15 is 0 Å². The van der Waals surface area contributed by atoms with E-state index in [1.54, 1.807) is 42.7 Å². The summed E-state index contributed by atoms with van der Waals surface area (Å²) in [5, 5.41) is 0.401. The monoisotopic (exact) mass is 345 g/mol. The molecule has 126 valence electrons. The largest absolute Gasteiger partial charge is 0.456 e. The summed E-state index contributed by atoms with van der Waals surface area (Å²) in [6, 6.07) is 8.59. The number of carbonyl (C=O) groups is 1. The topological polar surface area (TPSA) is 68.5 Å². The van der Waals surface area contributed by atoms with Crippen LogP contribution in [0.4, 0.5) is 0 Å². The van der Waals surface area contributed by atoms with Crippen molar-refractivity contribution in [3.05, 3.63) is 53.3 Å². The maximum absolute atomic E-state index is 12.6. The van der Waals surface area contributed by atoms with E-state index in [1.807, 2.05) is 4.90 Å². The van der Waals surface area contributed by atoms with Crippen molar-refractivity contribution >= 4 is 17.5 Å². The molecule has 2 N–H and O–H groups in total. The average molecular weight is 346 g/mol. The van der Waals surface area contributed by atoms with E-state index in [4.69, 9.17) is 22.1 Å². The minimum atomic E-state index is -0.0236. The van der Waals surface area contributed by atoms with E-state index in [1.165, 1.54) is 0 Å². The first-order valence-corrected chi connectivity index (χ1v) is 8.25. The van der Waals surface area contributed by atoms with Gasteiger partial charge in [0.1, 0.15) is 11.5 Å². The number of nitrogens with two attached hydrogens (primary N) is 1. The van der Waals surface area contributed by atoms with Crippen molar-refractivity contribution < 1.29 is 9.53 Å². The number of halogens is 1. The molecule has 1 aliphatic rings. The van der Waals surface area contributed by atoms with Gasteiger partial charge in [0.2, 0.25) is 0 Å². The van der Waals surface area contributed by atoms with Crippen LogP contribution in [-0.4, -0.2) is 35.4 Å². The first-order valence-electron chi connectivity index (χ1n) is 7.87. The number of ether oxygens (including phenoxy) is 1. The fraction of sp³-hybridized carbons (Fsp3) is 0.333. The Morgan fingerprint density at radius 2 is 2.12 bits per heavy atom. The van der Waals surface area contributed by atoms with Gasteiger partial charge in [0.05, 0.1) is 5.02 Å². The molecule has 1 aromatic heterocycles. The quantitative estimate of drug-likeness (QED) is 0.922. The van der Waals surface area contributed by atoms with Crippen molar-refractivity contribution in [3.63, 3.8) is 0 Å². The number of benzene rings is 1. The Morgan fingerprint density at radius 1 is 1.38 bits per heavy atom. The third-order valence-electron chi connectivity index (χ3n) is 4.39. The molecule has 24 heavy (non-hydrogen) atoms. The van der Waals surface area contributed by atoms with Crippen molar-refractivity contribution in [2.75, 3.05) is 19.6 Å². The summed E-state index contributed by atoms with van der Waals surface area (Å²) < 4.78 is 5.71. The predicted molar refractivity (Wildman–Crippen MR) is 93.4 cm³/mol. The van der Waals surface area contributed by atoms with E-state index in [2.05, 4.69) is 11.9 Å². The van der Waals surface area contributed by atoms with Crippen LogP contribution in [-0.2, 0) is 0 Å². The number of hydrogen-bond acceptors (Lipinski definition) is 4. The zero-order valence-electron chi connectivity index (χ0n) is 13.5. The van der Waals surface area contributed by atoms with E-state index in [0.29, 0.717) is 35.2 Å². The van der Waals surface area contributed by atoms with Crippen LogP contribution in [0.5, 0.6) is 11.5 Å². The Hall–Kier alpha value is -2.11. The molecule has 1 aromatic carbocycles. The molecule has 3 rings (SSSR count). The normalized spacial score (nSPS) is 20.2. The van der Waals surface area contributed by atoms with Gasteiger partial charge in [0, 0.05) is 31.0 Å². The number of pyridine rings is 1. The third-order valence-corrected chi connectivity index (χ3v) is 4.69. The van der Waals surface area contributed by atoms with Crippen molar-refractivity contribution in [2.45, 2.75) is 13.3 Å². The average Bonchev–Trinajstić information content (AvgIpc) is 3.00. The Morgan fingerprint density at radius 3 is 2.75 bits per heavy atom. The smallest absolute Gasteiger partial charge is 0.253 e. The molecular formula is C18H20ClN3O2. The van der Waals surface area contributed by atoms with E-state index in [-0.39, 0.29) is 11.3 Å². The highest BCUT2D eigenvalue weighted by molar-refractivity contribution is 6.32. The molecule has 5 nitrogen and oxygen atoms in total. The van der Waals surface area contributed by atoms with Crippen LogP contribution in [0.2, 0.25) is 5.02 Å². The number of carbonyl (C=O) groups excluding carboxylic acids is 1. The lowest BCUT2D eigenvalue weighted by atomic mass is 9.90. The van der Waals surface area contributed by atoms with Gasteiger partial charge in [-0.25, -0.2) is 0 Å². The lowest BCUT2D eigenvalue weighted by Gasteiger charge is -2.22. The van der Waals surface area contributed by atoms with Gasteiger partial charge < -0.3 is 15.4 Å². The molecule has 1 saturated heterocycles. The van der Waals surface area contributed by atoms with Gasteiger partial charge in [0.25, 0.3) is 5.91 Å². The van der Waals surface area contributed by atoms with Crippen LogP contribution >= 0.6 is 11.6 Å². The maximum atomic E-state index is 12.6. The standard InChI is InChI=1S/C18H20ClN3O2/c1-18(11-20)6-9-22(12-18)17(23)13-2-3-16(15(19)10-13)24-14-4-7-21-8-5-14/h2-5,7-8,10H,6,9,11-12,20H2,1H3. The Kier molecular flexibility index (Phi) is 4.73. The van der Waals surface area contributed by atoms with Crippen molar-refractivity contribution in [2.24, 2.45) is 11.1 Å². The fourth-order valence-corrected chi connectivity index (χ4v) is 3.02. The molecule has 0 saturated carbocycles. The van der Waals surface area contributed by atoms with Crippen molar-refractivity contribution in [3.8, 4) is 11.5 Å². The predicted octanol–water partition coefficient (Wildman–Crippen LogP) is 3.34. The number of nitrogens with zero attached hydrogens (tertiary/aromatic N) is 2. The zero-order valence-corrected chi connectivity index (χ0v) is 14.3. The van der Waals surface area contributed by atoms with E-state index in [0.717, 1.165) is 13.0 Å². The highest BCUT2D eigenvalue weighted by Gasteiger charge is 2.35. The SMILES string of the molecule is CC1(CN)CCN(C(=O)c2ccc(Oc3ccncc3)c(Cl)c2)C1. The molecule has 0 bridgehead atoms. The van der Waals surface area contributed by atoms with Gasteiger partial charge in [-0.05, 0) is 48.7 Å². The molecule has 6 heteroatoms. The van der Waals surface area contributed by atoms with Crippen LogP contribution in [0.15, 0.2) is 42.7 Å². The lowest BCUT2D eigenvalue weighted by molar-refractivity contribution is 0.0777. The van der Waals surface area contributed by atoms with Crippen LogP contribution in [0, 0.1) is 5.41 Å². The summed E-state index contributed by atoms with van der Waals surface area (Å²) in [5.74, 6) is 1.13. The maximum Gasteiger partial charge on any atom is 0.253 e. The van der Waals surface area contributed by atoms with Gasteiger partial charge in [-0.2, -0.15) is 0 Å². The third kappa shape index (κ3) is 3.52. The molecule has 0 aliphatic carbocycles. The minimum absolute atomic E-state index is 0.00382. The van der Waals surface area contributed by atoms with Crippen LogP contribution < -0.4 is 10.5 Å². The van der Waals surface area contributed by atoms with Gasteiger partial charge in [-0.3, -0.25) is 9.78 Å². The van der Waals surface area contributed by atoms with Gasteiger partial charge >= 0.3 is 0 Å². The van der Waals surface area contributed by atoms with Crippen LogP contribution in [0.3, 0.4) is 0 Å². The lowest BCUT2D eigenvalue weighted by Crippen LogP contribution is -2.34. The number of rotatable bonds is 4. The second-order valence-corrected chi connectivity index (χ2v) is 6.83. The van der Waals surface area contributed by atoms with Crippen LogP contribution in [0.1, 0.15) is 23.7 Å². The van der Waals surface area contributed by atoms with Gasteiger partial charge in [0.15, 0.2) is 0 Å². The molecule has 2 heterocycles. The summed E-state index contributed by atoms with van der Waals surface area (Å²) in [5.41, 5.74) is 6.37. The zero-order chi connectivity index (χ0) is 17.2. The number of amides is 1. The molecular weight excluding hydrogens is 326 g/mol. The highest BCUT2D eigenvalue weighted by atomic mass is 35.5. The summed E-state index contributed by atoms with van der Waals surface area (Å²) in [6.45, 7) is 4.09. The molecule has 1 aliphatic heterocycles. The summed E-state index contributed by atoms with van der Waals surface area (Å²) in [6.07, 6.45) is 4.21. The van der Waals surface area contributed by atoms with Gasteiger partial charge in [-0.15, -0.1) is 0 Å². The Balaban J connectivity index is 1.74. The molecule has 0 radical (unpaired) electrons. The summed E-state index contributed by atoms with van der Waals surface area (Å²) in [4.78, 5) is 18.4. The molecule has 1 atom stereocenters. The number of hydrogen-bond donors (Lipinski definition) is 1. The summed E-state index contributed by atoms with van der Waals surface area (Å²) in [7, 11) is 0. The first kappa shape index (κ1) is 16.7. The van der Waals surface area contributed by atoms with Crippen molar-refractivity contribution in [1.82, 2.24) is 9.88 Å². The van der Waals surface area contributed by atoms with Crippen molar-refractivity contribution in [1.29, 1.82) is 0 Å². The second-order valence-electron chi connectivity index (χ2n) is 6.42. The second kappa shape index (κ2) is 6.79.